The maximum absolute atomic E-state index is 3.32. The van der Waals surface area contributed by atoms with Crippen molar-refractivity contribution in [1.82, 2.24) is 5.32 Å². The third kappa shape index (κ3) is 1.69. The van der Waals surface area contributed by atoms with Gasteiger partial charge in [-0.1, -0.05) is 30.7 Å². The van der Waals surface area contributed by atoms with Gasteiger partial charge in [-0.25, -0.2) is 0 Å². The smallest absolute Gasteiger partial charge is 0.0291 e. The molecule has 0 heterocycles. The van der Waals surface area contributed by atoms with Crippen LogP contribution < -0.4 is 5.32 Å². The van der Waals surface area contributed by atoms with Crippen LogP contribution >= 0.6 is 0 Å². The van der Waals surface area contributed by atoms with E-state index in [2.05, 4.69) is 36.5 Å². The maximum atomic E-state index is 3.32. The third-order valence-electron chi connectivity index (χ3n) is 3.44. The molecule has 1 aromatic carbocycles. The lowest BCUT2D eigenvalue weighted by Crippen LogP contribution is -2.18. The molecule has 1 saturated carbocycles. The van der Waals surface area contributed by atoms with Gasteiger partial charge in [0, 0.05) is 6.04 Å². The fourth-order valence-electron chi connectivity index (χ4n) is 2.15. The molecule has 1 unspecified atom stereocenters. The van der Waals surface area contributed by atoms with Crippen LogP contribution in [0.5, 0.6) is 0 Å². The standard InChI is InChI=1S/C13H19N/c1-10(14-2)12-8-3-4-9-13(12)11-6-5-7-11/h3-4,8-11,14H,5-7H2,1-2H3. The van der Waals surface area contributed by atoms with Gasteiger partial charge >= 0.3 is 0 Å². The first-order chi connectivity index (χ1) is 6.83. The summed E-state index contributed by atoms with van der Waals surface area (Å²) in [5.74, 6) is 0.835. The van der Waals surface area contributed by atoms with Crippen LogP contribution in [0.4, 0.5) is 0 Å². The SMILES string of the molecule is CNC(C)c1ccccc1C1CCC1. The summed E-state index contributed by atoms with van der Waals surface area (Å²) >= 11 is 0. The van der Waals surface area contributed by atoms with Crippen LogP contribution in [0.2, 0.25) is 0 Å². The lowest BCUT2D eigenvalue weighted by Gasteiger charge is -2.29. The monoisotopic (exact) mass is 189 g/mol. The number of hydrogen-bond donors (Lipinski definition) is 1. The molecule has 0 aromatic heterocycles. The van der Waals surface area contributed by atoms with Crippen molar-refractivity contribution in [2.75, 3.05) is 7.05 Å². The van der Waals surface area contributed by atoms with Gasteiger partial charge in [0.2, 0.25) is 0 Å². The Morgan fingerprint density at radius 2 is 2.00 bits per heavy atom. The van der Waals surface area contributed by atoms with E-state index >= 15 is 0 Å². The summed E-state index contributed by atoms with van der Waals surface area (Å²) in [5.41, 5.74) is 3.06. The van der Waals surface area contributed by atoms with E-state index in [1.807, 2.05) is 7.05 Å². The fourth-order valence-corrected chi connectivity index (χ4v) is 2.15. The molecule has 1 fully saturated rings. The molecule has 0 aliphatic heterocycles. The summed E-state index contributed by atoms with van der Waals surface area (Å²) in [5, 5.41) is 3.32. The molecule has 1 atom stereocenters. The summed E-state index contributed by atoms with van der Waals surface area (Å²) in [7, 11) is 2.03. The van der Waals surface area contributed by atoms with Gasteiger partial charge < -0.3 is 5.32 Å². The Balaban J connectivity index is 2.27. The van der Waals surface area contributed by atoms with Gasteiger partial charge in [-0.2, -0.15) is 0 Å². The van der Waals surface area contributed by atoms with Crippen molar-refractivity contribution >= 4 is 0 Å². The molecule has 76 valence electrons. The van der Waals surface area contributed by atoms with Crippen molar-refractivity contribution in [2.45, 2.75) is 38.1 Å². The molecule has 0 radical (unpaired) electrons. The van der Waals surface area contributed by atoms with Crippen LogP contribution in [-0.4, -0.2) is 7.05 Å². The molecule has 1 heteroatoms. The van der Waals surface area contributed by atoms with Crippen molar-refractivity contribution in [3.8, 4) is 0 Å². The van der Waals surface area contributed by atoms with Crippen molar-refractivity contribution in [3.05, 3.63) is 35.4 Å². The van der Waals surface area contributed by atoms with Gasteiger partial charge in [0.25, 0.3) is 0 Å². The zero-order valence-electron chi connectivity index (χ0n) is 9.09. The van der Waals surface area contributed by atoms with Gasteiger partial charge in [-0.15, -0.1) is 0 Å². The second-order valence-electron chi connectivity index (χ2n) is 4.27. The molecule has 0 saturated heterocycles. The molecule has 0 amide bonds. The van der Waals surface area contributed by atoms with Gasteiger partial charge in [0.15, 0.2) is 0 Å². The van der Waals surface area contributed by atoms with Gasteiger partial charge in [0.1, 0.15) is 0 Å². The predicted molar refractivity (Wildman–Crippen MR) is 60.5 cm³/mol. The van der Waals surface area contributed by atoms with E-state index in [9.17, 15) is 0 Å². The molecule has 2 rings (SSSR count). The second-order valence-corrected chi connectivity index (χ2v) is 4.27. The minimum absolute atomic E-state index is 0.479. The van der Waals surface area contributed by atoms with Crippen molar-refractivity contribution < 1.29 is 0 Å². The first-order valence-electron chi connectivity index (χ1n) is 5.59. The Kier molecular flexibility index (Phi) is 2.87. The topological polar surface area (TPSA) is 12.0 Å². The highest BCUT2D eigenvalue weighted by molar-refractivity contribution is 5.33. The Hall–Kier alpha value is -0.820. The van der Waals surface area contributed by atoms with Crippen LogP contribution in [0.1, 0.15) is 49.3 Å². The van der Waals surface area contributed by atoms with E-state index in [0.717, 1.165) is 5.92 Å². The van der Waals surface area contributed by atoms with Crippen LogP contribution in [-0.2, 0) is 0 Å². The minimum Gasteiger partial charge on any atom is -0.313 e. The Bertz CT molecular complexity index is 278. The highest BCUT2D eigenvalue weighted by atomic mass is 14.9. The molecule has 14 heavy (non-hydrogen) atoms. The van der Waals surface area contributed by atoms with E-state index < -0.39 is 0 Å². The summed E-state index contributed by atoms with van der Waals surface area (Å²) in [6.45, 7) is 2.23. The van der Waals surface area contributed by atoms with Crippen LogP contribution in [0.15, 0.2) is 24.3 Å². The highest BCUT2D eigenvalue weighted by Crippen LogP contribution is 2.39. The average Bonchev–Trinajstić information content (AvgIpc) is 2.15. The van der Waals surface area contributed by atoms with Crippen LogP contribution in [0, 0.1) is 0 Å². The van der Waals surface area contributed by atoms with Crippen LogP contribution in [0.25, 0.3) is 0 Å². The largest absolute Gasteiger partial charge is 0.313 e. The van der Waals surface area contributed by atoms with E-state index in [0.29, 0.717) is 6.04 Å². The summed E-state index contributed by atoms with van der Waals surface area (Å²) in [6, 6.07) is 9.35. The van der Waals surface area contributed by atoms with Crippen molar-refractivity contribution in [2.24, 2.45) is 0 Å². The Labute approximate surface area is 86.5 Å². The maximum Gasteiger partial charge on any atom is 0.0291 e. The molecule has 0 bridgehead atoms. The van der Waals surface area contributed by atoms with Gasteiger partial charge in [-0.3, -0.25) is 0 Å². The Morgan fingerprint density at radius 1 is 1.29 bits per heavy atom. The van der Waals surface area contributed by atoms with E-state index in [4.69, 9.17) is 0 Å². The Morgan fingerprint density at radius 3 is 2.57 bits per heavy atom. The molecular weight excluding hydrogens is 170 g/mol. The molecule has 1 aliphatic carbocycles. The van der Waals surface area contributed by atoms with Crippen molar-refractivity contribution in [3.63, 3.8) is 0 Å². The molecule has 1 aliphatic rings. The third-order valence-corrected chi connectivity index (χ3v) is 3.44. The minimum atomic E-state index is 0.479. The van der Waals surface area contributed by atoms with Gasteiger partial charge in [0.05, 0.1) is 0 Å². The quantitative estimate of drug-likeness (QED) is 0.769. The van der Waals surface area contributed by atoms with E-state index in [-0.39, 0.29) is 0 Å². The number of hydrogen-bond acceptors (Lipinski definition) is 1. The van der Waals surface area contributed by atoms with Gasteiger partial charge in [-0.05, 0) is 43.9 Å². The molecular formula is C13H19N. The van der Waals surface area contributed by atoms with Crippen LogP contribution in [0.3, 0.4) is 0 Å². The normalized spacial score (nSPS) is 19.0. The second kappa shape index (κ2) is 4.14. The highest BCUT2D eigenvalue weighted by Gasteiger charge is 2.22. The lowest BCUT2D eigenvalue weighted by molar-refractivity contribution is 0.414. The summed E-state index contributed by atoms with van der Waals surface area (Å²) in [6.07, 6.45) is 4.17. The number of benzene rings is 1. The summed E-state index contributed by atoms with van der Waals surface area (Å²) < 4.78 is 0. The number of nitrogens with one attached hydrogen (secondary N) is 1. The first kappa shape index (κ1) is 9.72. The zero-order chi connectivity index (χ0) is 9.97. The van der Waals surface area contributed by atoms with Crippen molar-refractivity contribution in [1.29, 1.82) is 0 Å². The number of rotatable bonds is 3. The molecule has 1 N–H and O–H groups in total. The lowest BCUT2D eigenvalue weighted by atomic mass is 9.77. The van der Waals surface area contributed by atoms with E-state index in [1.165, 1.54) is 24.8 Å². The van der Waals surface area contributed by atoms with E-state index in [1.54, 1.807) is 5.56 Å². The summed E-state index contributed by atoms with van der Waals surface area (Å²) in [4.78, 5) is 0. The average molecular weight is 189 g/mol. The predicted octanol–water partition coefficient (Wildman–Crippen LogP) is 3.23. The molecule has 0 spiro atoms. The zero-order valence-corrected chi connectivity index (χ0v) is 9.09. The molecule has 1 nitrogen and oxygen atoms in total. The first-order valence-corrected chi connectivity index (χ1v) is 5.59. The fraction of sp³-hybridized carbons (Fsp3) is 0.538. The molecule has 1 aromatic rings.